The zero-order chi connectivity index (χ0) is 18.1. The van der Waals surface area contributed by atoms with Gasteiger partial charge in [0.1, 0.15) is 0 Å². The van der Waals surface area contributed by atoms with Gasteiger partial charge in [-0.15, -0.1) is 12.6 Å². The van der Waals surface area contributed by atoms with Crippen LogP contribution in [-0.2, 0) is 9.59 Å². The van der Waals surface area contributed by atoms with Gasteiger partial charge in [0.25, 0.3) is 0 Å². The van der Waals surface area contributed by atoms with E-state index in [1.807, 2.05) is 6.08 Å². The topological polar surface area (TPSA) is 54.4 Å². The lowest BCUT2D eigenvalue weighted by Crippen LogP contribution is -2.56. The highest BCUT2D eigenvalue weighted by Crippen LogP contribution is 2.67. The van der Waals surface area contributed by atoms with Gasteiger partial charge >= 0.3 is 0 Å². The minimum Gasteiger partial charge on any atom is -0.393 e. The van der Waals surface area contributed by atoms with Crippen LogP contribution >= 0.6 is 12.6 Å². The average molecular weight is 361 g/mol. The second-order valence-electron chi connectivity index (χ2n) is 9.33. The van der Waals surface area contributed by atoms with Crippen LogP contribution in [0, 0.1) is 40.4 Å². The Labute approximate surface area is 155 Å². The van der Waals surface area contributed by atoms with Gasteiger partial charge in [-0.1, -0.05) is 32.4 Å². The van der Waals surface area contributed by atoms with Crippen LogP contribution in [-0.4, -0.2) is 22.1 Å². The summed E-state index contributed by atoms with van der Waals surface area (Å²) in [7, 11) is 0. The van der Waals surface area contributed by atoms with E-state index in [0.29, 0.717) is 24.2 Å². The Morgan fingerprint density at radius 1 is 1.36 bits per heavy atom. The molecular weight excluding hydrogens is 332 g/mol. The third-order valence-corrected chi connectivity index (χ3v) is 8.38. The Kier molecular flexibility index (Phi) is 3.90. The van der Waals surface area contributed by atoms with E-state index < -0.39 is 6.10 Å². The molecule has 8 atom stereocenters. The summed E-state index contributed by atoms with van der Waals surface area (Å²) in [6, 6.07) is 0. The molecule has 7 unspecified atom stereocenters. The lowest BCUT2D eigenvalue weighted by atomic mass is 9.47. The fourth-order valence-corrected chi connectivity index (χ4v) is 7.77. The van der Waals surface area contributed by atoms with Crippen molar-refractivity contribution in [3.8, 4) is 0 Å². The Hall–Kier alpha value is -0.870. The van der Waals surface area contributed by atoms with Crippen molar-refractivity contribution in [1.29, 1.82) is 0 Å². The first-order chi connectivity index (χ1) is 11.7. The third kappa shape index (κ3) is 2.29. The van der Waals surface area contributed by atoms with Crippen LogP contribution in [0.1, 0.15) is 46.5 Å². The van der Waals surface area contributed by atoms with Crippen LogP contribution in [0.4, 0.5) is 0 Å². The number of aliphatic hydroxyl groups excluding tert-OH is 1. The van der Waals surface area contributed by atoms with Crippen molar-refractivity contribution >= 4 is 23.5 Å². The average Bonchev–Trinajstić information content (AvgIpc) is 2.77. The monoisotopic (exact) mass is 360 g/mol. The first-order valence-electron chi connectivity index (χ1n) is 9.53. The van der Waals surface area contributed by atoms with E-state index in [4.69, 9.17) is 0 Å². The zero-order valence-electron chi connectivity index (χ0n) is 15.2. The van der Waals surface area contributed by atoms with Crippen molar-refractivity contribution < 1.29 is 14.7 Å². The molecule has 4 aliphatic carbocycles. The molecule has 1 N–H and O–H groups in total. The summed E-state index contributed by atoms with van der Waals surface area (Å²) >= 11 is 4.19. The molecule has 0 heterocycles. The quantitative estimate of drug-likeness (QED) is 0.703. The number of aliphatic hydroxyl groups is 1. The van der Waals surface area contributed by atoms with Gasteiger partial charge in [-0.25, -0.2) is 0 Å². The summed E-state index contributed by atoms with van der Waals surface area (Å²) < 4.78 is 0. The molecule has 25 heavy (non-hydrogen) atoms. The van der Waals surface area contributed by atoms with Gasteiger partial charge in [-0.2, -0.15) is 0 Å². The van der Waals surface area contributed by atoms with Crippen molar-refractivity contribution in [3.05, 3.63) is 23.8 Å². The summed E-state index contributed by atoms with van der Waals surface area (Å²) in [6.45, 7) is 6.55. The van der Waals surface area contributed by atoms with E-state index in [0.717, 1.165) is 19.3 Å². The minimum atomic E-state index is -0.446. The number of hydrogen-bond donors (Lipinski definition) is 2. The molecule has 136 valence electrons. The number of hydrogen-bond acceptors (Lipinski definition) is 3. The number of carbonyl (C=O) groups excluding carboxylic acids is 2. The Bertz CT molecular complexity index is 695. The standard InChI is InChI=1S/C21H28O3S/c1-11-8-15-14-5-4-12-9-13(22)6-7-20(12,2)18(14)16(23)10-21(15,3)17(11)19(24)25/h6-7,9,11,14-18,23H,4-5,8,10H2,1-3H3,(H,24,25)/t11-,14?,15?,16?,17?,18?,20?,21?/m1/s1. The van der Waals surface area contributed by atoms with E-state index in [-0.39, 0.29) is 33.6 Å². The van der Waals surface area contributed by atoms with Crippen LogP contribution in [0.25, 0.3) is 0 Å². The Morgan fingerprint density at radius 2 is 2.08 bits per heavy atom. The van der Waals surface area contributed by atoms with Gasteiger partial charge in [0.15, 0.2) is 10.9 Å². The summed E-state index contributed by atoms with van der Waals surface area (Å²) in [5.74, 6) is 1.30. The minimum absolute atomic E-state index is 0.0195. The molecule has 0 saturated heterocycles. The highest BCUT2D eigenvalue weighted by atomic mass is 32.1. The lowest BCUT2D eigenvalue weighted by Gasteiger charge is -2.58. The Morgan fingerprint density at radius 3 is 2.76 bits per heavy atom. The number of ketones is 1. The zero-order valence-corrected chi connectivity index (χ0v) is 16.1. The molecule has 0 aromatic rings. The molecule has 0 aliphatic heterocycles. The molecule has 4 heteroatoms. The van der Waals surface area contributed by atoms with E-state index in [9.17, 15) is 14.7 Å². The van der Waals surface area contributed by atoms with Gasteiger partial charge in [-0.05, 0) is 61.0 Å². The normalized spacial score (nSPS) is 51.4. The fraction of sp³-hybridized carbons (Fsp3) is 0.714. The number of rotatable bonds is 1. The number of fused-ring (bicyclic) bond motifs is 5. The van der Waals surface area contributed by atoms with E-state index >= 15 is 0 Å². The predicted octanol–water partition coefficient (Wildman–Crippen LogP) is 3.58. The van der Waals surface area contributed by atoms with Crippen LogP contribution in [0.3, 0.4) is 0 Å². The van der Waals surface area contributed by atoms with Gasteiger partial charge < -0.3 is 5.11 Å². The van der Waals surface area contributed by atoms with Crippen molar-refractivity contribution in [2.45, 2.75) is 52.6 Å². The van der Waals surface area contributed by atoms with Crippen molar-refractivity contribution in [1.82, 2.24) is 0 Å². The number of thiol groups is 1. The maximum absolute atomic E-state index is 12.2. The SMILES string of the molecule is C[C@@H]1CC2C3CCC4=CC(=O)C=CC4(C)C3C(O)CC2(C)C1C(=O)S. The molecule has 0 spiro atoms. The second-order valence-corrected chi connectivity index (χ2v) is 9.77. The predicted molar refractivity (Wildman–Crippen MR) is 100 cm³/mol. The first kappa shape index (κ1) is 17.5. The lowest BCUT2D eigenvalue weighted by molar-refractivity contribution is -0.133. The molecule has 3 saturated carbocycles. The van der Waals surface area contributed by atoms with E-state index in [1.54, 1.807) is 12.2 Å². The van der Waals surface area contributed by atoms with Crippen LogP contribution in [0.5, 0.6) is 0 Å². The fourth-order valence-electron chi connectivity index (χ4n) is 7.22. The number of allylic oxidation sites excluding steroid dienone is 4. The molecular formula is C21H28O3S. The summed E-state index contributed by atoms with van der Waals surface area (Å²) in [5.41, 5.74) is 0.783. The van der Waals surface area contributed by atoms with Gasteiger partial charge in [0.05, 0.1) is 6.10 Å². The molecule has 4 aliphatic rings. The molecule has 0 bridgehead atoms. The molecule has 0 radical (unpaired) electrons. The highest BCUT2D eigenvalue weighted by Gasteiger charge is 2.63. The van der Waals surface area contributed by atoms with Gasteiger partial charge in [0.2, 0.25) is 0 Å². The molecule has 0 aromatic heterocycles. The molecule has 3 fully saturated rings. The van der Waals surface area contributed by atoms with Crippen molar-refractivity contribution in [3.63, 3.8) is 0 Å². The van der Waals surface area contributed by atoms with Crippen LogP contribution in [0.2, 0.25) is 0 Å². The Balaban J connectivity index is 1.76. The van der Waals surface area contributed by atoms with Crippen LogP contribution in [0.15, 0.2) is 23.8 Å². The second kappa shape index (κ2) is 5.56. The van der Waals surface area contributed by atoms with Gasteiger partial charge in [0, 0.05) is 17.3 Å². The molecule has 4 rings (SSSR count). The van der Waals surface area contributed by atoms with Crippen molar-refractivity contribution in [2.75, 3.05) is 0 Å². The smallest absolute Gasteiger partial charge is 0.189 e. The number of carbonyl (C=O) groups is 2. The van der Waals surface area contributed by atoms with E-state index in [1.165, 1.54) is 5.57 Å². The third-order valence-electron chi connectivity index (χ3n) is 8.10. The molecule has 0 aromatic carbocycles. The molecule has 3 nitrogen and oxygen atoms in total. The highest BCUT2D eigenvalue weighted by molar-refractivity contribution is 7.96. The summed E-state index contributed by atoms with van der Waals surface area (Å²) in [5, 5.41) is 11.2. The summed E-state index contributed by atoms with van der Waals surface area (Å²) in [4.78, 5) is 24.1. The maximum Gasteiger partial charge on any atom is 0.189 e. The van der Waals surface area contributed by atoms with E-state index in [2.05, 4.69) is 33.4 Å². The largest absolute Gasteiger partial charge is 0.393 e. The maximum atomic E-state index is 12.2. The van der Waals surface area contributed by atoms with Crippen molar-refractivity contribution in [2.24, 2.45) is 40.4 Å². The first-order valence-corrected chi connectivity index (χ1v) is 9.98. The van der Waals surface area contributed by atoms with Crippen LogP contribution < -0.4 is 0 Å². The summed E-state index contributed by atoms with van der Waals surface area (Å²) in [6.07, 6.45) is 8.67. The molecule has 0 amide bonds. The van der Waals surface area contributed by atoms with Gasteiger partial charge in [-0.3, -0.25) is 9.59 Å².